The van der Waals surface area contributed by atoms with Crippen molar-refractivity contribution in [2.24, 2.45) is 17.4 Å². The average molecular weight is 883 g/mol. The molecule has 1 saturated carbocycles. The first-order valence-corrected chi connectivity index (χ1v) is 21.3. The van der Waals surface area contributed by atoms with E-state index < -0.39 is 78.5 Å². The number of H-pyrrole nitrogens is 1. The first kappa shape index (κ1) is 42.1. The number of carbonyl (C=O) groups is 2. The Morgan fingerprint density at radius 3 is 2.59 bits per heavy atom. The highest BCUT2D eigenvalue weighted by atomic mass is 16.7. The van der Waals surface area contributed by atoms with Crippen molar-refractivity contribution in [3.8, 4) is 28.7 Å². The number of aliphatic carboxylic acids is 1. The summed E-state index contributed by atoms with van der Waals surface area (Å²) in [6.45, 7) is 0.0602. The molecule has 5 aromatic rings. The van der Waals surface area contributed by atoms with E-state index in [9.17, 15) is 35.1 Å². The Bertz CT molecular complexity index is 2570. The standard InChI is InChI=1S/C46H50N4O14/c1-58-29-8-7-25-35-31(15-22-5-3-2-4-6-22)60-32-17-30-26(27(20-50-19-23-10-12-49-28(23)21-50)36(32)39(35)63-37(25)38(29)59-14-13-51)16-24-9-11-45(56)41(64-44(61-30)46(24,57)43(45)55)40(42(47)48)62-34(54)18-33(52)53/h2-8,10,12,17,19,21,24,31,35,39-44,49,51,55-57H,9,11,13-16,18,20,47-48H2,1H3,(H,52,53). The summed E-state index contributed by atoms with van der Waals surface area (Å²) in [4.78, 5) is 27.3. The summed E-state index contributed by atoms with van der Waals surface area (Å²) in [5, 5.41) is 57.1. The molecule has 1 aliphatic carbocycles. The Balaban J connectivity index is 1.13. The second-order valence-electron chi connectivity index (χ2n) is 17.3. The van der Waals surface area contributed by atoms with Crippen molar-refractivity contribution in [1.29, 1.82) is 0 Å². The van der Waals surface area contributed by atoms with Gasteiger partial charge < -0.3 is 79.7 Å². The molecule has 338 valence electrons. The van der Waals surface area contributed by atoms with Crippen LogP contribution in [0.25, 0.3) is 10.9 Å². The number of aromatic nitrogens is 2. The van der Waals surface area contributed by atoms with Crippen LogP contribution in [0.1, 0.15) is 59.1 Å². The molecule has 18 nitrogen and oxygen atoms in total. The van der Waals surface area contributed by atoms with Crippen LogP contribution in [-0.2, 0) is 38.4 Å². The highest BCUT2D eigenvalue weighted by Gasteiger charge is 2.71. The molecule has 0 radical (unpaired) electrons. The van der Waals surface area contributed by atoms with E-state index in [1.807, 2.05) is 71.7 Å². The van der Waals surface area contributed by atoms with Gasteiger partial charge in [0, 0.05) is 65.6 Å². The average Bonchev–Trinajstić information content (AvgIpc) is 3.96. The smallest absolute Gasteiger partial charge is 0.317 e. The van der Waals surface area contributed by atoms with E-state index in [-0.39, 0.29) is 44.1 Å². The maximum absolute atomic E-state index is 12.7. The molecule has 10 N–H and O–H groups in total. The molecule has 18 heteroatoms. The Kier molecular flexibility index (Phi) is 10.5. The van der Waals surface area contributed by atoms with Gasteiger partial charge >= 0.3 is 11.9 Å². The zero-order valence-corrected chi connectivity index (χ0v) is 34.8. The summed E-state index contributed by atoms with van der Waals surface area (Å²) in [5.74, 6) is -1.80. The number of aliphatic hydroxyl groups excluding tert-OH is 2. The number of rotatable bonds is 13. The van der Waals surface area contributed by atoms with E-state index in [1.165, 1.54) is 7.11 Å². The second-order valence-corrected chi connectivity index (χ2v) is 17.3. The molecular weight excluding hydrogens is 833 g/mol. The number of aromatic amines is 1. The van der Waals surface area contributed by atoms with E-state index in [4.69, 9.17) is 44.6 Å². The van der Waals surface area contributed by atoms with E-state index in [2.05, 4.69) is 4.98 Å². The Hall–Kier alpha value is -5.86. The Labute approximate surface area is 366 Å². The summed E-state index contributed by atoms with van der Waals surface area (Å²) >= 11 is 0. The van der Waals surface area contributed by atoms with Gasteiger partial charge in [-0.2, -0.15) is 0 Å². The first-order chi connectivity index (χ1) is 30.8. The number of hydrogen-bond donors (Lipinski definition) is 8. The van der Waals surface area contributed by atoms with Gasteiger partial charge in [-0.25, -0.2) is 0 Å². The molecule has 2 bridgehead atoms. The molecule has 3 aromatic carbocycles. The summed E-state index contributed by atoms with van der Waals surface area (Å²) < 4.78 is 46.6. The Morgan fingerprint density at radius 1 is 1.05 bits per heavy atom. The van der Waals surface area contributed by atoms with Crippen LogP contribution in [0.2, 0.25) is 0 Å². The van der Waals surface area contributed by atoms with Crippen molar-refractivity contribution in [1.82, 2.24) is 9.55 Å². The van der Waals surface area contributed by atoms with Gasteiger partial charge in [0.15, 0.2) is 23.2 Å². The van der Waals surface area contributed by atoms with Gasteiger partial charge in [0.05, 0.1) is 31.3 Å². The maximum atomic E-state index is 12.7. The predicted octanol–water partition coefficient (Wildman–Crippen LogP) is 2.14. The molecule has 10 unspecified atom stereocenters. The van der Waals surface area contributed by atoms with Crippen LogP contribution in [0.5, 0.6) is 28.7 Å². The lowest BCUT2D eigenvalue weighted by Gasteiger charge is -2.60. The van der Waals surface area contributed by atoms with E-state index >= 15 is 0 Å². The van der Waals surface area contributed by atoms with Crippen molar-refractivity contribution in [2.75, 3.05) is 20.3 Å². The van der Waals surface area contributed by atoms with Gasteiger partial charge in [0.25, 0.3) is 0 Å². The van der Waals surface area contributed by atoms with Crippen molar-refractivity contribution >= 4 is 22.8 Å². The first-order valence-electron chi connectivity index (χ1n) is 21.3. The van der Waals surface area contributed by atoms with Crippen LogP contribution in [0.3, 0.4) is 0 Å². The monoisotopic (exact) mass is 882 g/mol. The van der Waals surface area contributed by atoms with Gasteiger partial charge in [0.1, 0.15) is 54.5 Å². The largest absolute Gasteiger partial charge is 0.493 e. The summed E-state index contributed by atoms with van der Waals surface area (Å²) in [7, 11) is 1.54. The van der Waals surface area contributed by atoms with E-state index in [0.29, 0.717) is 41.5 Å². The number of fused-ring (bicyclic) bond motifs is 8. The molecule has 0 spiro atoms. The predicted molar refractivity (Wildman–Crippen MR) is 224 cm³/mol. The zero-order chi connectivity index (χ0) is 44.7. The van der Waals surface area contributed by atoms with Crippen LogP contribution in [0.15, 0.2) is 73.2 Å². The van der Waals surface area contributed by atoms with Gasteiger partial charge in [-0.1, -0.05) is 36.4 Å². The highest BCUT2D eigenvalue weighted by molar-refractivity contribution is 5.90. The highest BCUT2D eigenvalue weighted by Crippen LogP contribution is 2.61. The zero-order valence-electron chi connectivity index (χ0n) is 34.8. The number of esters is 1. The molecule has 10 rings (SSSR count). The second kappa shape index (κ2) is 16.0. The normalized spacial score (nSPS) is 28.9. The number of nitrogens with one attached hydrogen (secondary N) is 1. The third-order valence-corrected chi connectivity index (χ3v) is 13.6. The number of nitrogens with two attached hydrogens (primary N) is 2. The lowest BCUT2D eigenvalue weighted by Crippen LogP contribution is -2.80. The van der Waals surface area contributed by atoms with Crippen LogP contribution in [0.4, 0.5) is 0 Å². The lowest BCUT2D eigenvalue weighted by molar-refractivity contribution is -0.384. The van der Waals surface area contributed by atoms with Gasteiger partial charge in [-0.15, -0.1) is 0 Å². The molecule has 2 aromatic heterocycles. The van der Waals surface area contributed by atoms with Crippen molar-refractivity contribution in [2.45, 2.75) is 98.7 Å². The van der Waals surface area contributed by atoms with Crippen LogP contribution >= 0.6 is 0 Å². The number of methoxy groups -OCH3 is 1. The molecule has 6 heterocycles. The number of aliphatic hydroxyl groups is 4. The minimum Gasteiger partial charge on any atom is -0.493 e. The van der Waals surface area contributed by atoms with E-state index in [1.54, 1.807) is 6.07 Å². The number of carboxylic acid groups (broad SMARTS) is 1. The SMILES string of the molecule is COc1ccc2c(c1OCCO)OC1c3c(cc4c(c3Cn3cc5cc[nH]c5c3)CC3CCC5(O)C(C(OC(=O)CC(=O)O)C(N)N)OC(O4)C3(O)C5O)OC(Cc3ccccc3)C21. The van der Waals surface area contributed by atoms with Crippen molar-refractivity contribution in [3.05, 3.63) is 101 Å². The van der Waals surface area contributed by atoms with Crippen molar-refractivity contribution < 1.29 is 68.3 Å². The number of benzene rings is 3. The summed E-state index contributed by atoms with van der Waals surface area (Å²) in [5.41, 5.74) is 12.7. The molecule has 64 heavy (non-hydrogen) atoms. The van der Waals surface area contributed by atoms with Crippen molar-refractivity contribution in [3.63, 3.8) is 0 Å². The molecule has 2 fully saturated rings. The quantitative estimate of drug-likeness (QED) is 0.0478. The number of carbonyl (C=O) groups excluding carboxylic acids is 1. The third-order valence-electron chi connectivity index (χ3n) is 13.6. The maximum Gasteiger partial charge on any atom is 0.317 e. The molecule has 4 aliphatic heterocycles. The minimum absolute atomic E-state index is 0.00101. The van der Waals surface area contributed by atoms with E-state index in [0.717, 1.165) is 33.2 Å². The fourth-order valence-electron chi connectivity index (χ4n) is 10.7. The lowest BCUT2D eigenvalue weighted by atomic mass is 9.60. The van der Waals surface area contributed by atoms with Crippen LogP contribution in [-0.4, -0.2) is 115 Å². The molecule has 0 amide bonds. The molecular formula is C46H50N4O14. The fraction of sp³-hybridized carbons (Fsp3) is 0.435. The number of carboxylic acids is 1. The number of hydrogen-bond acceptors (Lipinski definition) is 15. The summed E-state index contributed by atoms with van der Waals surface area (Å²) in [6.07, 6.45) is -4.02. The van der Waals surface area contributed by atoms with Crippen LogP contribution in [0, 0.1) is 5.92 Å². The van der Waals surface area contributed by atoms with Crippen LogP contribution < -0.4 is 35.2 Å². The number of ether oxygens (including phenoxy) is 7. The minimum atomic E-state index is -2.25. The molecule has 1 saturated heterocycles. The Morgan fingerprint density at radius 2 is 1.86 bits per heavy atom. The molecule has 5 aliphatic rings. The molecule has 10 atom stereocenters. The third kappa shape index (κ3) is 6.74. The topological polar surface area (TPSA) is 273 Å². The van der Waals surface area contributed by atoms with Gasteiger partial charge in [0.2, 0.25) is 12.0 Å². The van der Waals surface area contributed by atoms with Gasteiger partial charge in [-0.3, -0.25) is 9.59 Å². The number of nitrogens with zero attached hydrogens (tertiary/aromatic N) is 1. The van der Waals surface area contributed by atoms with Gasteiger partial charge in [-0.05, 0) is 42.5 Å². The fourth-order valence-corrected chi connectivity index (χ4v) is 10.7. The summed E-state index contributed by atoms with van der Waals surface area (Å²) in [6, 6.07) is 17.4.